The van der Waals surface area contributed by atoms with Crippen LogP contribution < -0.4 is 10.6 Å². The molecule has 2 amide bonds. The lowest BCUT2D eigenvalue weighted by Crippen LogP contribution is -2.48. The number of hydrogen-bond donors (Lipinski definition) is 3. The number of hydrogen-bond acceptors (Lipinski definition) is 3. The predicted molar refractivity (Wildman–Crippen MR) is 96.9 cm³/mol. The average molecular weight is 333 g/mol. The third kappa shape index (κ3) is 6.49. The summed E-state index contributed by atoms with van der Waals surface area (Å²) in [5.41, 5.74) is 0.882. The first-order valence-corrected chi connectivity index (χ1v) is 9.04. The maximum Gasteiger partial charge on any atom is 0.315 e. The minimum Gasteiger partial charge on any atom is -0.388 e. The summed E-state index contributed by atoms with van der Waals surface area (Å²) in [6.45, 7) is 7.92. The zero-order valence-corrected chi connectivity index (χ0v) is 14.9. The summed E-state index contributed by atoms with van der Waals surface area (Å²) in [7, 11) is 0. The molecule has 0 radical (unpaired) electrons. The molecule has 5 heteroatoms. The number of piperidine rings is 1. The molecule has 3 atom stereocenters. The molecule has 2 rings (SSSR count). The number of aliphatic hydroxyl groups is 1. The molecule has 24 heavy (non-hydrogen) atoms. The molecule has 1 fully saturated rings. The van der Waals surface area contributed by atoms with Gasteiger partial charge >= 0.3 is 6.03 Å². The first kappa shape index (κ1) is 18.7. The Bertz CT molecular complexity index is 495. The number of benzene rings is 1. The lowest BCUT2D eigenvalue weighted by Gasteiger charge is -2.32. The Hall–Kier alpha value is -1.59. The first-order valence-electron chi connectivity index (χ1n) is 9.04. The summed E-state index contributed by atoms with van der Waals surface area (Å²) >= 11 is 0. The van der Waals surface area contributed by atoms with Crippen molar-refractivity contribution in [2.75, 3.05) is 26.2 Å². The molecule has 134 valence electrons. The van der Waals surface area contributed by atoms with E-state index < -0.39 is 6.10 Å². The van der Waals surface area contributed by atoms with Crippen LogP contribution in [-0.4, -0.2) is 48.3 Å². The summed E-state index contributed by atoms with van der Waals surface area (Å²) in [6, 6.07) is 9.48. The fourth-order valence-corrected chi connectivity index (χ4v) is 3.32. The van der Waals surface area contributed by atoms with E-state index in [1.165, 1.54) is 12.8 Å². The van der Waals surface area contributed by atoms with Crippen molar-refractivity contribution in [2.45, 2.75) is 45.3 Å². The smallest absolute Gasteiger partial charge is 0.315 e. The molecular weight excluding hydrogens is 302 g/mol. The second kappa shape index (κ2) is 9.64. The van der Waals surface area contributed by atoms with Crippen molar-refractivity contribution in [1.29, 1.82) is 0 Å². The van der Waals surface area contributed by atoms with Gasteiger partial charge in [-0.25, -0.2) is 4.79 Å². The Kier molecular flexibility index (Phi) is 7.53. The van der Waals surface area contributed by atoms with Crippen molar-refractivity contribution < 1.29 is 9.90 Å². The molecule has 1 heterocycles. The van der Waals surface area contributed by atoms with E-state index >= 15 is 0 Å². The van der Waals surface area contributed by atoms with Gasteiger partial charge in [0, 0.05) is 25.7 Å². The van der Waals surface area contributed by atoms with Crippen LogP contribution >= 0.6 is 0 Å². The highest BCUT2D eigenvalue weighted by Gasteiger charge is 2.18. The van der Waals surface area contributed by atoms with E-state index in [1.54, 1.807) is 0 Å². The van der Waals surface area contributed by atoms with Gasteiger partial charge in [-0.2, -0.15) is 0 Å². The van der Waals surface area contributed by atoms with Crippen LogP contribution in [0.1, 0.15) is 44.8 Å². The largest absolute Gasteiger partial charge is 0.388 e. The van der Waals surface area contributed by atoms with Gasteiger partial charge in [0.25, 0.3) is 0 Å². The standard InChI is InChI=1S/C19H31N3O2/c1-15-7-6-12-22(13-15)14-16(2)21-19(24)20-11-10-18(23)17-8-4-3-5-9-17/h3-5,8-9,15-16,18,23H,6-7,10-14H2,1-2H3,(H2,20,21,24). The zero-order chi connectivity index (χ0) is 17.4. The number of carbonyl (C=O) groups is 1. The summed E-state index contributed by atoms with van der Waals surface area (Å²) in [6.07, 6.45) is 2.52. The predicted octanol–water partition coefficient (Wildman–Crippen LogP) is 2.53. The Morgan fingerprint density at radius 1 is 1.38 bits per heavy atom. The normalized spacial score (nSPS) is 21.0. The molecule has 3 N–H and O–H groups in total. The summed E-state index contributed by atoms with van der Waals surface area (Å²) in [5, 5.41) is 15.9. The number of nitrogens with zero attached hydrogens (tertiary/aromatic N) is 1. The Labute approximate surface area is 145 Å². The van der Waals surface area contributed by atoms with E-state index in [1.807, 2.05) is 37.3 Å². The van der Waals surface area contributed by atoms with Gasteiger partial charge in [-0.3, -0.25) is 0 Å². The average Bonchev–Trinajstić information content (AvgIpc) is 2.55. The maximum absolute atomic E-state index is 12.0. The Balaban J connectivity index is 1.62. The summed E-state index contributed by atoms with van der Waals surface area (Å²) in [4.78, 5) is 14.4. The van der Waals surface area contributed by atoms with E-state index in [9.17, 15) is 9.90 Å². The molecule has 1 aliphatic heterocycles. The van der Waals surface area contributed by atoms with Crippen molar-refractivity contribution in [1.82, 2.24) is 15.5 Å². The van der Waals surface area contributed by atoms with Gasteiger partial charge in [-0.05, 0) is 44.2 Å². The SMILES string of the molecule is CC1CCCN(CC(C)NC(=O)NCCC(O)c2ccccc2)C1. The van der Waals surface area contributed by atoms with Crippen molar-refractivity contribution in [2.24, 2.45) is 5.92 Å². The van der Waals surface area contributed by atoms with E-state index in [0.717, 1.165) is 31.1 Å². The van der Waals surface area contributed by atoms with E-state index in [2.05, 4.69) is 22.5 Å². The first-order chi connectivity index (χ1) is 11.5. The van der Waals surface area contributed by atoms with Crippen molar-refractivity contribution >= 4 is 6.03 Å². The van der Waals surface area contributed by atoms with E-state index in [-0.39, 0.29) is 12.1 Å². The molecule has 0 spiro atoms. The number of urea groups is 1. The molecule has 0 aliphatic carbocycles. The summed E-state index contributed by atoms with van der Waals surface area (Å²) < 4.78 is 0. The number of amides is 2. The van der Waals surface area contributed by atoms with Gasteiger partial charge in [-0.1, -0.05) is 37.3 Å². The second-order valence-electron chi connectivity index (χ2n) is 7.02. The molecule has 1 saturated heterocycles. The Morgan fingerprint density at radius 3 is 2.83 bits per heavy atom. The fourth-order valence-electron chi connectivity index (χ4n) is 3.32. The quantitative estimate of drug-likeness (QED) is 0.718. The van der Waals surface area contributed by atoms with Gasteiger partial charge in [0.05, 0.1) is 6.10 Å². The molecule has 5 nitrogen and oxygen atoms in total. The van der Waals surface area contributed by atoms with E-state index in [4.69, 9.17) is 0 Å². The monoisotopic (exact) mass is 333 g/mol. The lowest BCUT2D eigenvalue weighted by atomic mass is 10.00. The highest BCUT2D eigenvalue weighted by molar-refractivity contribution is 5.74. The van der Waals surface area contributed by atoms with Crippen LogP contribution in [0, 0.1) is 5.92 Å². The van der Waals surface area contributed by atoms with Crippen LogP contribution in [0.15, 0.2) is 30.3 Å². The number of carbonyl (C=O) groups excluding carboxylic acids is 1. The highest BCUT2D eigenvalue weighted by Crippen LogP contribution is 2.16. The van der Waals surface area contributed by atoms with Crippen molar-refractivity contribution in [3.63, 3.8) is 0 Å². The third-order valence-corrected chi connectivity index (χ3v) is 4.54. The highest BCUT2D eigenvalue weighted by atomic mass is 16.3. The zero-order valence-electron chi connectivity index (χ0n) is 14.9. The van der Waals surface area contributed by atoms with Gasteiger partial charge < -0.3 is 20.6 Å². The van der Waals surface area contributed by atoms with Crippen LogP contribution in [0.25, 0.3) is 0 Å². The molecule has 0 aromatic heterocycles. The minimum atomic E-state index is -0.543. The van der Waals surface area contributed by atoms with Crippen molar-refractivity contribution in [3.05, 3.63) is 35.9 Å². The third-order valence-electron chi connectivity index (χ3n) is 4.54. The minimum absolute atomic E-state index is 0.120. The number of nitrogens with one attached hydrogen (secondary N) is 2. The molecule has 0 saturated carbocycles. The van der Waals surface area contributed by atoms with Gasteiger partial charge in [0.2, 0.25) is 0 Å². The topological polar surface area (TPSA) is 64.6 Å². The van der Waals surface area contributed by atoms with Crippen LogP contribution in [0.4, 0.5) is 4.79 Å². The number of likely N-dealkylation sites (tertiary alicyclic amines) is 1. The van der Waals surface area contributed by atoms with Gasteiger partial charge in [0.1, 0.15) is 0 Å². The molecule has 1 aromatic carbocycles. The van der Waals surface area contributed by atoms with Crippen LogP contribution in [0.2, 0.25) is 0 Å². The maximum atomic E-state index is 12.0. The Morgan fingerprint density at radius 2 is 2.12 bits per heavy atom. The van der Waals surface area contributed by atoms with Gasteiger partial charge in [-0.15, -0.1) is 0 Å². The number of rotatable bonds is 7. The van der Waals surface area contributed by atoms with E-state index in [0.29, 0.717) is 13.0 Å². The molecule has 0 bridgehead atoms. The summed E-state index contributed by atoms with van der Waals surface area (Å²) in [5.74, 6) is 0.749. The number of aliphatic hydroxyl groups excluding tert-OH is 1. The van der Waals surface area contributed by atoms with Crippen LogP contribution in [0.5, 0.6) is 0 Å². The molecule has 1 aliphatic rings. The molecule has 1 aromatic rings. The molecular formula is C19H31N3O2. The second-order valence-corrected chi connectivity index (χ2v) is 7.02. The van der Waals surface area contributed by atoms with Crippen molar-refractivity contribution in [3.8, 4) is 0 Å². The van der Waals surface area contributed by atoms with Crippen LogP contribution in [-0.2, 0) is 0 Å². The van der Waals surface area contributed by atoms with Crippen LogP contribution in [0.3, 0.4) is 0 Å². The lowest BCUT2D eigenvalue weighted by molar-refractivity contribution is 0.164. The fraction of sp³-hybridized carbons (Fsp3) is 0.632. The molecule has 3 unspecified atom stereocenters. The van der Waals surface area contributed by atoms with Gasteiger partial charge in [0.15, 0.2) is 0 Å².